The minimum atomic E-state index is -0.563. The second-order valence-corrected chi connectivity index (χ2v) is 3.58. The third-order valence-electron chi connectivity index (χ3n) is 1.28. The van der Waals surface area contributed by atoms with Gasteiger partial charge in [-0.25, -0.2) is 4.39 Å². The molecule has 0 heterocycles. The van der Waals surface area contributed by atoms with E-state index in [1.165, 1.54) is 6.07 Å². The van der Waals surface area contributed by atoms with Crippen LogP contribution in [-0.4, -0.2) is 0 Å². The number of nitrogens with two attached hydrogens (primary N) is 1. The molecule has 1 aromatic rings. The highest BCUT2D eigenvalue weighted by atomic mass is 79.9. The molecule has 1 unspecified atom stereocenters. The number of thiol groups is 1. The average Bonchev–Trinajstić information content (AvgIpc) is 1.94. The molecule has 1 nitrogen and oxygen atoms in total. The zero-order valence-corrected chi connectivity index (χ0v) is 8.07. The first-order chi connectivity index (χ1) is 5.11. The first-order valence-electron chi connectivity index (χ1n) is 3.00. The molecule has 0 amide bonds. The summed E-state index contributed by atoms with van der Waals surface area (Å²) < 4.78 is 13.7. The summed E-state index contributed by atoms with van der Waals surface area (Å²) in [7, 11) is 0. The van der Waals surface area contributed by atoms with Gasteiger partial charge in [-0.05, 0) is 18.2 Å². The van der Waals surface area contributed by atoms with E-state index in [9.17, 15) is 4.39 Å². The summed E-state index contributed by atoms with van der Waals surface area (Å²) in [5, 5.41) is -0.563. The summed E-state index contributed by atoms with van der Waals surface area (Å²) in [5.41, 5.74) is 5.79. The van der Waals surface area contributed by atoms with E-state index in [0.717, 1.165) is 4.47 Å². The van der Waals surface area contributed by atoms with Gasteiger partial charge in [-0.15, -0.1) is 0 Å². The number of halogens is 2. The average molecular weight is 236 g/mol. The SMILES string of the molecule is NC(S)c1cc(Br)ccc1F. The zero-order valence-electron chi connectivity index (χ0n) is 5.59. The van der Waals surface area contributed by atoms with Crippen molar-refractivity contribution >= 4 is 28.6 Å². The summed E-state index contributed by atoms with van der Waals surface area (Å²) in [6.45, 7) is 0. The van der Waals surface area contributed by atoms with E-state index in [1.54, 1.807) is 12.1 Å². The van der Waals surface area contributed by atoms with Crippen LogP contribution in [-0.2, 0) is 0 Å². The minimum Gasteiger partial charge on any atom is -0.316 e. The van der Waals surface area contributed by atoms with Gasteiger partial charge in [-0.1, -0.05) is 15.9 Å². The Morgan fingerprint density at radius 2 is 2.18 bits per heavy atom. The van der Waals surface area contributed by atoms with Crippen LogP contribution in [0.25, 0.3) is 0 Å². The molecule has 1 rings (SSSR count). The van der Waals surface area contributed by atoms with E-state index in [2.05, 4.69) is 28.6 Å². The van der Waals surface area contributed by atoms with Crippen LogP contribution in [0.5, 0.6) is 0 Å². The van der Waals surface area contributed by atoms with Crippen molar-refractivity contribution < 1.29 is 4.39 Å². The highest BCUT2D eigenvalue weighted by molar-refractivity contribution is 9.10. The van der Waals surface area contributed by atoms with Crippen molar-refractivity contribution in [1.82, 2.24) is 0 Å². The lowest BCUT2D eigenvalue weighted by Gasteiger charge is -2.05. The van der Waals surface area contributed by atoms with E-state index in [0.29, 0.717) is 5.56 Å². The molecule has 1 aromatic carbocycles. The molecule has 0 fully saturated rings. The Kier molecular flexibility index (Phi) is 2.92. The van der Waals surface area contributed by atoms with Crippen molar-refractivity contribution in [2.24, 2.45) is 5.73 Å². The van der Waals surface area contributed by atoms with Gasteiger partial charge in [0.05, 0.1) is 5.37 Å². The minimum absolute atomic E-state index is 0.323. The maximum absolute atomic E-state index is 12.9. The maximum Gasteiger partial charge on any atom is 0.128 e. The molecule has 0 radical (unpaired) electrons. The summed E-state index contributed by atoms with van der Waals surface area (Å²) in [5.74, 6) is -0.323. The molecule has 2 N–H and O–H groups in total. The fourth-order valence-electron chi connectivity index (χ4n) is 0.741. The fraction of sp³-hybridized carbons (Fsp3) is 0.143. The van der Waals surface area contributed by atoms with E-state index in [4.69, 9.17) is 5.73 Å². The van der Waals surface area contributed by atoms with Gasteiger partial charge in [0.25, 0.3) is 0 Å². The van der Waals surface area contributed by atoms with Crippen LogP contribution in [0.2, 0.25) is 0 Å². The standard InChI is InChI=1S/C7H7BrFNS/c8-4-1-2-6(9)5(3-4)7(10)11/h1-3,7,11H,10H2. The number of rotatable bonds is 1. The van der Waals surface area contributed by atoms with Crippen molar-refractivity contribution in [3.63, 3.8) is 0 Å². The first-order valence-corrected chi connectivity index (χ1v) is 4.31. The van der Waals surface area contributed by atoms with Gasteiger partial charge in [-0.2, -0.15) is 12.6 Å². The number of hydrogen-bond acceptors (Lipinski definition) is 2. The lowest BCUT2D eigenvalue weighted by molar-refractivity contribution is 0.609. The Bertz CT molecular complexity index is 265. The lowest BCUT2D eigenvalue weighted by atomic mass is 10.2. The quantitative estimate of drug-likeness (QED) is 0.568. The van der Waals surface area contributed by atoms with Crippen LogP contribution in [0, 0.1) is 5.82 Å². The largest absolute Gasteiger partial charge is 0.316 e. The first kappa shape index (κ1) is 9.03. The molecule has 0 aliphatic heterocycles. The van der Waals surface area contributed by atoms with Crippen molar-refractivity contribution in [2.45, 2.75) is 5.37 Å². The van der Waals surface area contributed by atoms with Crippen LogP contribution < -0.4 is 5.73 Å². The maximum atomic E-state index is 12.9. The highest BCUT2D eigenvalue weighted by Gasteiger charge is 2.06. The predicted molar refractivity (Wildman–Crippen MR) is 50.0 cm³/mol. The van der Waals surface area contributed by atoms with Crippen LogP contribution in [0.4, 0.5) is 4.39 Å². The van der Waals surface area contributed by atoms with Crippen molar-refractivity contribution in [2.75, 3.05) is 0 Å². The van der Waals surface area contributed by atoms with E-state index >= 15 is 0 Å². The predicted octanol–water partition coefficient (Wildman–Crippen LogP) is 2.48. The molecular weight excluding hydrogens is 229 g/mol. The van der Waals surface area contributed by atoms with Crippen LogP contribution >= 0.6 is 28.6 Å². The Labute approximate surface area is 78.3 Å². The van der Waals surface area contributed by atoms with Gasteiger partial charge in [0, 0.05) is 10.0 Å². The topological polar surface area (TPSA) is 26.0 Å². The third-order valence-corrected chi connectivity index (χ3v) is 2.05. The Hall–Kier alpha value is -0.0600. The highest BCUT2D eigenvalue weighted by Crippen LogP contribution is 2.21. The van der Waals surface area contributed by atoms with Crippen LogP contribution in [0.1, 0.15) is 10.9 Å². The third kappa shape index (κ3) is 2.18. The molecule has 60 valence electrons. The molecule has 0 spiro atoms. The molecule has 0 saturated carbocycles. The van der Waals surface area contributed by atoms with E-state index in [-0.39, 0.29) is 5.82 Å². The zero-order chi connectivity index (χ0) is 8.43. The molecule has 0 saturated heterocycles. The lowest BCUT2D eigenvalue weighted by Crippen LogP contribution is -2.04. The fourth-order valence-corrected chi connectivity index (χ4v) is 1.32. The summed E-state index contributed by atoms with van der Waals surface area (Å²) in [4.78, 5) is 0. The molecular formula is C7H7BrFNS. The van der Waals surface area contributed by atoms with Crippen molar-refractivity contribution in [1.29, 1.82) is 0 Å². The number of benzene rings is 1. The molecule has 1 atom stereocenters. The van der Waals surface area contributed by atoms with Gasteiger partial charge in [0.2, 0.25) is 0 Å². The van der Waals surface area contributed by atoms with Crippen LogP contribution in [0.15, 0.2) is 22.7 Å². The molecule has 0 aliphatic rings. The van der Waals surface area contributed by atoms with E-state index < -0.39 is 5.37 Å². The van der Waals surface area contributed by atoms with Crippen LogP contribution in [0.3, 0.4) is 0 Å². The molecule has 0 aliphatic carbocycles. The monoisotopic (exact) mass is 235 g/mol. The van der Waals surface area contributed by atoms with Gasteiger partial charge >= 0.3 is 0 Å². The van der Waals surface area contributed by atoms with E-state index in [1.807, 2.05) is 0 Å². The van der Waals surface area contributed by atoms with Crippen molar-refractivity contribution in [3.8, 4) is 0 Å². The van der Waals surface area contributed by atoms with Gasteiger partial charge in [0.1, 0.15) is 5.82 Å². The Morgan fingerprint density at radius 1 is 1.55 bits per heavy atom. The normalized spacial score (nSPS) is 13.1. The second kappa shape index (κ2) is 3.56. The second-order valence-electron chi connectivity index (χ2n) is 2.11. The Morgan fingerprint density at radius 3 is 2.64 bits per heavy atom. The molecule has 0 aromatic heterocycles. The van der Waals surface area contributed by atoms with Crippen molar-refractivity contribution in [3.05, 3.63) is 34.1 Å². The molecule has 11 heavy (non-hydrogen) atoms. The number of hydrogen-bond donors (Lipinski definition) is 2. The summed E-state index contributed by atoms with van der Waals surface area (Å²) in [6.07, 6.45) is 0. The summed E-state index contributed by atoms with van der Waals surface area (Å²) in [6, 6.07) is 4.59. The molecule has 4 heteroatoms. The molecule has 0 bridgehead atoms. The summed E-state index contributed by atoms with van der Waals surface area (Å²) >= 11 is 7.13. The van der Waals surface area contributed by atoms with Gasteiger partial charge in [-0.3, -0.25) is 0 Å². The smallest absolute Gasteiger partial charge is 0.128 e. The van der Waals surface area contributed by atoms with Gasteiger partial charge in [0.15, 0.2) is 0 Å². The van der Waals surface area contributed by atoms with Gasteiger partial charge < -0.3 is 5.73 Å². The Balaban J connectivity index is 3.13.